The average molecular weight is 269 g/mol. The van der Waals surface area contributed by atoms with Crippen molar-refractivity contribution in [2.24, 2.45) is 0 Å². The Balaban J connectivity index is 1.90. The Labute approximate surface area is 119 Å². The van der Waals surface area contributed by atoms with E-state index in [-0.39, 0.29) is 11.7 Å². The quantitative estimate of drug-likeness (QED) is 0.896. The van der Waals surface area contributed by atoms with Gasteiger partial charge in [-0.05, 0) is 43.5 Å². The second-order valence-corrected chi connectivity index (χ2v) is 5.00. The number of nitrogens with one attached hydrogen (secondary N) is 1. The third-order valence-electron chi connectivity index (χ3n) is 3.25. The molecule has 0 saturated heterocycles. The van der Waals surface area contributed by atoms with Crippen molar-refractivity contribution < 1.29 is 9.90 Å². The van der Waals surface area contributed by atoms with E-state index < -0.39 is 0 Å². The topological polar surface area (TPSA) is 49.3 Å². The van der Waals surface area contributed by atoms with E-state index in [2.05, 4.69) is 30.4 Å². The molecule has 2 aromatic rings. The van der Waals surface area contributed by atoms with Crippen molar-refractivity contribution in [1.82, 2.24) is 5.32 Å². The molecule has 1 amide bonds. The molecule has 0 heterocycles. The highest BCUT2D eigenvalue weighted by Gasteiger charge is 2.07. The fraction of sp³-hybridized carbons (Fsp3) is 0.235. The van der Waals surface area contributed by atoms with Gasteiger partial charge in [0, 0.05) is 12.1 Å². The Bertz CT molecular complexity index is 620. The second kappa shape index (κ2) is 6.24. The zero-order chi connectivity index (χ0) is 14.5. The Morgan fingerprint density at radius 3 is 2.65 bits per heavy atom. The molecule has 104 valence electrons. The number of rotatable bonds is 4. The number of amides is 1. The van der Waals surface area contributed by atoms with Gasteiger partial charge in [0.1, 0.15) is 5.75 Å². The maximum Gasteiger partial charge on any atom is 0.251 e. The van der Waals surface area contributed by atoms with Crippen LogP contribution in [0.2, 0.25) is 0 Å². The Morgan fingerprint density at radius 1 is 1.15 bits per heavy atom. The molecule has 0 aliphatic carbocycles. The van der Waals surface area contributed by atoms with Crippen LogP contribution >= 0.6 is 0 Å². The lowest BCUT2D eigenvalue weighted by Crippen LogP contribution is -2.25. The van der Waals surface area contributed by atoms with E-state index in [1.54, 1.807) is 19.1 Å². The third-order valence-corrected chi connectivity index (χ3v) is 3.25. The van der Waals surface area contributed by atoms with Gasteiger partial charge in [0.05, 0.1) is 0 Å². The van der Waals surface area contributed by atoms with Gasteiger partial charge in [-0.1, -0.05) is 35.9 Å². The molecule has 0 fully saturated rings. The summed E-state index contributed by atoms with van der Waals surface area (Å²) >= 11 is 0. The van der Waals surface area contributed by atoms with Crippen LogP contribution in [-0.2, 0) is 6.42 Å². The molecule has 0 bridgehead atoms. The summed E-state index contributed by atoms with van der Waals surface area (Å²) in [5.74, 6) is -0.00992. The minimum atomic E-state index is -0.159. The lowest BCUT2D eigenvalue weighted by atomic mass is 10.1. The van der Waals surface area contributed by atoms with Crippen molar-refractivity contribution in [3.63, 3.8) is 0 Å². The molecule has 0 aromatic heterocycles. The summed E-state index contributed by atoms with van der Waals surface area (Å²) in [6.45, 7) is 4.43. The van der Waals surface area contributed by atoms with Gasteiger partial charge in [0.15, 0.2) is 0 Å². The van der Waals surface area contributed by atoms with Crippen LogP contribution < -0.4 is 5.32 Å². The van der Waals surface area contributed by atoms with E-state index in [0.29, 0.717) is 12.1 Å². The monoisotopic (exact) mass is 269 g/mol. The molecule has 2 rings (SSSR count). The van der Waals surface area contributed by atoms with Crippen molar-refractivity contribution in [3.05, 3.63) is 64.7 Å². The van der Waals surface area contributed by atoms with Crippen LogP contribution in [0.1, 0.15) is 27.0 Å². The molecule has 3 nitrogen and oxygen atoms in total. The number of aromatic hydroxyl groups is 1. The number of benzene rings is 2. The van der Waals surface area contributed by atoms with Crippen LogP contribution in [0.3, 0.4) is 0 Å². The lowest BCUT2D eigenvalue weighted by Gasteiger charge is -2.07. The second-order valence-electron chi connectivity index (χ2n) is 5.00. The van der Waals surface area contributed by atoms with Crippen LogP contribution in [0.25, 0.3) is 0 Å². The van der Waals surface area contributed by atoms with Crippen molar-refractivity contribution in [2.45, 2.75) is 20.3 Å². The molecule has 0 radical (unpaired) electrons. The van der Waals surface area contributed by atoms with Gasteiger partial charge in [-0.3, -0.25) is 4.79 Å². The van der Waals surface area contributed by atoms with Gasteiger partial charge < -0.3 is 10.4 Å². The molecule has 0 aliphatic rings. The highest BCUT2D eigenvalue weighted by atomic mass is 16.3. The summed E-state index contributed by atoms with van der Waals surface area (Å²) in [6, 6.07) is 13.2. The summed E-state index contributed by atoms with van der Waals surface area (Å²) < 4.78 is 0. The fourth-order valence-corrected chi connectivity index (χ4v) is 2.04. The summed E-state index contributed by atoms with van der Waals surface area (Å²) in [7, 11) is 0. The number of phenols is 1. The van der Waals surface area contributed by atoms with Crippen molar-refractivity contribution in [2.75, 3.05) is 6.54 Å². The first-order chi connectivity index (χ1) is 9.56. The SMILES string of the molecule is Cc1cccc(CCNC(=O)c2ccc(C)c(O)c2)c1. The minimum absolute atomic E-state index is 0.149. The number of carbonyl (C=O) groups excluding carboxylic acids is 1. The smallest absolute Gasteiger partial charge is 0.251 e. The molecule has 2 N–H and O–H groups in total. The minimum Gasteiger partial charge on any atom is -0.508 e. The number of hydrogen-bond donors (Lipinski definition) is 2. The third kappa shape index (κ3) is 3.60. The molecule has 0 spiro atoms. The van der Waals surface area contributed by atoms with E-state index >= 15 is 0 Å². The van der Waals surface area contributed by atoms with Gasteiger partial charge in [-0.15, -0.1) is 0 Å². The van der Waals surface area contributed by atoms with Crippen LogP contribution in [0, 0.1) is 13.8 Å². The summed E-state index contributed by atoms with van der Waals surface area (Å²) in [6.07, 6.45) is 0.797. The predicted molar refractivity (Wildman–Crippen MR) is 80.1 cm³/mol. The Morgan fingerprint density at radius 2 is 1.95 bits per heavy atom. The molecule has 0 aliphatic heterocycles. The number of hydrogen-bond acceptors (Lipinski definition) is 2. The first kappa shape index (κ1) is 14.1. The number of phenolic OH excluding ortho intramolecular Hbond substituents is 1. The molecule has 0 saturated carbocycles. The van der Waals surface area contributed by atoms with Gasteiger partial charge in [-0.25, -0.2) is 0 Å². The maximum atomic E-state index is 11.9. The van der Waals surface area contributed by atoms with E-state index in [9.17, 15) is 9.90 Å². The van der Waals surface area contributed by atoms with Crippen molar-refractivity contribution >= 4 is 5.91 Å². The first-order valence-corrected chi connectivity index (χ1v) is 6.69. The summed E-state index contributed by atoms with van der Waals surface area (Å²) in [5, 5.41) is 12.5. The normalized spacial score (nSPS) is 10.3. The van der Waals surface area contributed by atoms with E-state index in [0.717, 1.165) is 12.0 Å². The zero-order valence-electron chi connectivity index (χ0n) is 11.8. The van der Waals surface area contributed by atoms with Crippen LogP contribution in [0.15, 0.2) is 42.5 Å². The Hall–Kier alpha value is -2.29. The van der Waals surface area contributed by atoms with Crippen LogP contribution in [0.5, 0.6) is 5.75 Å². The zero-order valence-corrected chi connectivity index (χ0v) is 11.8. The highest BCUT2D eigenvalue weighted by Crippen LogP contribution is 2.17. The largest absolute Gasteiger partial charge is 0.508 e. The van der Waals surface area contributed by atoms with Gasteiger partial charge in [0.2, 0.25) is 0 Å². The molecule has 2 aromatic carbocycles. The molecule has 20 heavy (non-hydrogen) atoms. The number of aryl methyl sites for hydroxylation is 2. The molecule has 0 unspecified atom stereocenters. The Kier molecular flexibility index (Phi) is 4.41. The van der Waals surface area contributed by atoms with E-state index in [4.69, 9.17) is 0 Å². The van der Waals surface area contributed by atoms with Crippen LogP contribution in [0.4, 0.5) is 0 Å². The first-order valence-electron chi connectivity index (χ1n) is 6.69. The van der Waals surface area contributed by atoms with Gasteiger partial charge >= 0.3 is 0 Å². The molecular weight excluding hydrogens is 250 g/mol. The molecule has 0 atom stereocenters. The van der Waals surface area contributed by atoms with Crippen LogP contribution in [-0.4, -0.2) is 17.6 Å². The molecule has 3 heteroatoms. The maximum absolute atomic E-state index is 11.9. The van der Waals surface area contributed by atoms with Gasteiger partial charge in [0.25, 0.3) is 5.91 Å². The number of carbonyl (C=O) groups is 1. The van der Waals surface area contributed by atoms with E-state index in [1.807, 2.05) is 6.07 Å². The summed E-state index contributed by atoms with van der Waals surface area (Å²) in [5.41, 5.74) is 3.67. The van der Waals surface area contributed by atoms with E-state index in [1.165, 1.54) is 17.2 Å². The highest BCUT2D eigenvalue weighted by molar-refractivity contribution is 5.94. The summed E-state index contributed by atoms with van der Waals surface area (Å²) in [4.78, 5) is 11.9. The molecular formula is C17H19NO2. The fourth-order valence-electron chi connectivity index (χ4n) is 2.04. The predicted octanol–water partition coefficient (Wildman–Crippen LogP) is 2.98. The standard InChI is InChI=1S/C17H19NO2/c1-12-4-3-5-14(10-12)8-9-18-17(20)15-7-6-13(2)16(19)11-15/h3-7,10-11,19H,8-9H2,1-2H3,(H,18,20). The van der Waals surface area contributed by atoms with Crippen molar-refractivity contribution in [3.8, 4) is 5.75 Å². The van der Waals surface area contributed by atoms with Crippen molar-refractivity contribution in [1.29, 1.82) is 0 Å². The lowest BCUT2D eigenvalue weighted by molar-refractivity contribution is 0.0953. The average Bonchev–Trinajstić information content (AvgIpc) is 2.42. The van der Waals surface area contributed by atoms with Gasteiger partial charge in [-0.2, -0.15) is 0 Å².